The van der Waals surface area contributed by atoms with Gasteiger partial charge < -0.3 is 0 Å². The molecule has 1 aliphatic rings. The second-order valence-corrected chi connectivity index (χ2v) is 5.90. The summed E-state index contributed by atoms with van der Waals surface area (Å²) in [6.07, 6.45) is 4.78. The van der Waals surface area contributed by atoms with Gasteiger partial charge in [0.2, 0.25) is 5.13 Å². The van der Waals surface area contributed by atoms with Crippen molar-refractivity contribution in [3.8, 4) is 0 Å². The van der Waals surface area contributed by atoms with Gasteiger partial charge in [0.05, 0.1) is 0 Å². The molecule has 104 valence electrons. The lowest BCUT2D eigenvalue weighted by Crippen LogP contribution is -2.11. The SMILES string of the molecule is O=C(Nc1nnc(C2CCCC2)s1)c1ccc(F)cc1. The standard InChI is InChI=1S/C14H14FN3OS/c15-11-7-5-9(6-8-11)12(19)16-14-18-17-13(20-14)10-3-1-2-4-10/h5-8,10H,1-4H2,(H,16,18,19). The normalized spacial score (nSPS) is 15.4. The molecule has 0 spiro atoms. The number of nitrogens with zero attached hydrogens (tertiary/aromatic N) is 2. The third-order valence-electron chi connectivity index (χ3n) is 3.47. The minimum absolute atomic E-state index is 0.292. The molecular formula is C14H14FN3OS. The fraction of sp³-hybridized carbons (Fsp3) is 0.357. The number of carbonyl (C=O) groups is 1. The van der Waals surface area contributed by atoms with Gasteiger partial charge in [-0.3, -0.25) is 10.1 Å². The zero-order chi connectivity index (χ0) is 13.9. The van der Waals surface area contributed by atoms with E-state index < -0.39 is 0 Å². The van der Waals surface area contributed by atoms with Crippen LogP contribution in [0.25, 0.3) is 0 Å². The summed E-state index contributed by atoms with van der Waals surface area (Å²) >= 11 is 1.43. The van der Waals surface area contributed by atoms with Crippen LogP contribution in [0.4, 0.5) is 9.52 Å². The first-order chi connectivity index (χ1) is 9.72. The molecule has 1 aromatic heterocycles. The number of carbonyl (C=O) groups excluding carboxylic acids is 1. The number of benzene rings is 1. The summed E-state index contributed by atoms with van der Waals surface area (Å²) in [5.41, 5.74) is 0.406. The minimum Gasteiger partial charge on any atom is -0.296 e. The van der Waals surface area contributed by atoms with Crippen LogP contribution >= 0.6 is 11.3 Å². The van der Waals surface area contributed by atoms with E-state index in [0.29, 0.717) is 16.6 Å². The summed E-state index contributed by atoms with van der Waals surface area (Å²) in [6, 6.07) is 5.42. The summed E-state index contributed by atoms with van der Waals surface area (Å²) in [4.78, 5) is 12.0. The Bertz CT molecular complexity index is 605. The van der Waals surface area contributed by atoms with E-state index in [0.717, 1.165) is 17.8 Å². The van der Waals surface area contributed by atoms with Crippen molar-refractivity contribution < 1.29 is 9.18 Å². The number of rotatable bonds is 3. The van der Waals surface area contributed by atoms with Crippen molar-refractivity contribution >= 4 is 22.4 Å². The fourth-order valence-corrected chi connectivity index (χ4v) is 3.30. The Labute approximate surface area is 120 Å². The first kappa shape index (κ1) is 13.2. The van der Waals surface area contributed by atoms with Crippen molar-refractivity contribution in [2.75, 3.05) is 5.32 Å². The van der Waals surface area contributed by atoms with Gasteiger partial charge in [-0.15, -0.1) is 10.2 Å². The van der Waals surface area contributed by atoms with Gasteiger partial charge >= 0.3 is 0 Å². The summed E-state index contributed by atoms with van der Waals surface area (Å²) in [5.74, 6) is -0.163. The number of nitrogens with one attached hydrogen (secondary N) is 1. The van der Waals surface area contributed by atoms with Crippen LogP contribution in [0.1, 0.15) is 47.0 Å². The molecule has 0 bridgehead atoms. The van der Waals surface area contributed by atoms with Crippen LogP contribution in [0.2, 0.25) is 0 Å². The molecule has 4 nitrogen and oxygen atoms in total. The summed E-state index contributed by atoms with van der Waals surface area (Å²) in [7, 11) is 0. The third-order valence-corrected chi connectivity index (χ3v) is 4.47. The predicted molar refractivity (Wildman–Crippen MR) is 75.5 cm³/mol. The van der Waals surface area contributed by atoms with Crippen molar-refractivity contribution in [3.05, 3.63) is 40.7 Å². The van der Waals surface area contributed by atoms with Crippen LogP contribution in [-0.4, -0.2) is 16.1 Å². The predicted octanol–water partition coefficient (Wildman–Crippen LogP) is 3.59. The van der Waals surface area contributed by atoms with Gasteiger partial charge in [-0.2, -0.15) is 0 Å². The highest BCUT2D eigenvalue weighted by molar-refractivity contribution is 7.15. The molecule has 3 rings (SSSR count). The first-order valence-corrected chi connectivity index (χ1v) is 7.44. The first-order valence-electron chi connectivity index (χ1n) is 6.63. The number of amides is 1. The quantitative estimate of drug-likeness (QED) is 0.940. The van der Waals surface area contributed by atoms with Crippen molar-refractivity contribution in [2.24, 2.45) is 0 Å². The van der Waals surface area contributed by atoms with Gasteiger partial charge in [-0.05, 0) is 37.1 Å². The maximum absolute atomic E-state index is 12.8. The summed E-state index contributed by atoms with van der Waals surface area (Å²) < 4.78 is 12.8. The van der Waals surface area contributed by atoms with Gasteiger partial charge in [0.1, 0.15) is 10.8 Å². The van der Waals surface area contributed by atoms with E-state index in [2.05, 4.69) is 15.5 Å². The molecule has 1 saturated carbocycles. The lowest BCUT2D eigenvalue weighted by atomic mass is 10.1. The van der Waals surface area contributed by atoms with Gasteiger partial charge in [0.25, 0.3) is 5.91 Å². The molecule has 20 heavy (non-hydrogen) atoms. The Morgan fingerprint density at radius 1 is 1.20 bits per heavy atom. The van der Waals surface area contributed by atoms with Crippen LogP contribution in [0.3, 0.4) is 0 Å². The molecular weight excluding hydrogens is 277 g/mol. The topological polar surface area (TPSA) is 54.9 Å². The van der Waals surface area contributed by atoms with E-state index in [4.69, 9.17) is 0 Å². The average Bonchev–Trinajstić information content (AvgIpc) is 3.09. The maximum atomic E-state index is 12.8. The Kier molecular flexibility index (Phi) is 3.73. The summed E-state index contributed by atoms with van der Waals surface area (Å²) in [6.45, 7) is 0. The maximum Gasteiger partial charge on any atom is 0.257 e. The molecule has 1 aromatic carbocycles. The Hall–Kier alpha value is -1.82. The highest BCUT2D eigenvalue weighted by Crippen LogP contribution is 2.36. The molecule has 1 heterocycles. The fourth-order valence-electron chi connectivity index (χ4n) is 2.39. The van der Waals surface area contributed by atoms with Crippen molar-refractivity contribution in [1.82, 2.24) is 10.2 Å². The van der Waals surface area contributed by atoms with E-state index in [-0.39, 0.29) is 11.7 Å². The van der Waals surface area contributed by atoms with Gasteiger partial charge in [-0.1, -0.05) is 24.2 Å². The molecule has 0 atom stereocenters. The zero-order valence-corrected chi connectivity index (χ0v) is 11.6. The van der Waals surface area contributed by atoms with Crippen LogP contribution < -0.4 is 5.32 Å². The van der Waals surface area contributed by atoms with Gasteiger partial charge in [-0.25, -0.2) is 4.39 Å². The molecule has 1 fully saturated rings. The van der Waals surface area contributed by atoms with Gasteiger partial charge in [0.15, 0.2) is 0 Å². The zero-order valence-electron chi connectivity index (χ0n) is 10.8. The van der Waals surface area contributed by atoms with Crippen LogP contribution in [0.5, 0.6) is 0 Å². The molecule has 2 aromatic rings. The van der Waals surface area contributed by atoms with Crippen LogP contribution in [-0.2, 0) is 0 Å². The monoisotopic (exact) mass is 291 g/mol. The highest BCUT2D eigenvalue weighted by Gasteiger charge is 2.21. The van der Waals surface area contributed by atoms with Crippen molar-refractivity contribution in [3.63, 3.8) is 0 Å². The van der Waals surface area contributed by atoms with E-state index in [1.807, 2.05) is 0 Å². The Balaban J connectivity index is 1.68. The average molecular weight is 291 g/mol. The van der Waals surface area contributed by atoms with Crippen molar-refractivity contribution in [1.29, 1.82) is 0 Å². The van der Waals surface area contributed by atoms with Gasteiger partial charge in [0, 0.05) is 11.5 Å². The molecule has 6 heteroatoms. The van der Waals surface area contributed by atoms with Crippen LogP contribution in [0, 0.1) is 5.82 Å². The third kappa shape index (κ3) is 2.85. The minimum atomic E-state index is -0.360. The Morgan fingerprint density at radius 2 is 1.90 bits per heavy atom. The lowest BCUT2D eigenvalue weighted by Gasteiger charge is -2.02. The Morgan fingerprint density at radius 3 is 2.60 bits per heavy atom. The summed E-state index contributed by atoms with van der Waals surface area (Å²) in [5, 5.41) is 12.4. The van der Waals surface area contributed by atoms with E-state index in [1.165, 1.54) is 48.4 Å². The number of aromatic nitrogens is 2. The molecule has 1 aliphatic carbocycles. The highest BCUT2D eigenvalue weighted by atomic mass is 32.1. The number of hydrogen-bond acceptors (Lipinski definition) is 4. The molecule has 0 aliphatic heterocycles. The van der Waals surface area contributed by atoms with Crippen molar-refractivity contribution in [2.45, 2.75) is 31.6 Å². The smallest absolute Gasteiger partial charge is 0.257 e. The second kappa shape index (κ2) is 5.66. The molecule has 1 amide bonds. The van der Waals surface area contributed by atoms with E-state index in [9.17, 15) is 9.18 Å². The molecule has 0 saturated heterocycles. The molecule has 1 N–H and O–H groups in total. The number of hydrogen-bond donors (Lipinski definition) is 1. The van der Waals surface area contributed by atoms with E-state index in [1.54, 1.807) is 0 Å². The number of halogens is 1. The van der Waals surface area contributed by atoms with E-state index >= 15 is 0 Å². The second-order valence-electron chi connectivity index (χ2n) is 4.89. The largest absolute Gasteiger partial charge is 0.296 e. The van der Waals surface area contributed by atoms with Crippen LogP contribution in [0.15, 0.2) is 24.3 Å². The lowest BCUT2D eigenvalue weighted by molar-refractivity contribution is 0.102. The molecule has 0 unspecified atom stereocenters. The number of anilines is 1. The molecule has 0 radical (unpaired) electrons.